The summed E-state index contributed by atoms with van der Waals surface area (Å²) in [4.78, 5) is 12.9. The van der Waals surface area contributed by atoms with Crippen molar-refractivity contribution in [2.75, 3.05) is 33.4 Å². The number of hydrogen-bond acceptors (Lipinski definition) is 5. The maximum absolute atomic E-state index is 10.8. The van der Waals surface area contributed by atoms with Gasteiger partial charge in [-0.05, 0) is 23.8 Å². The van der Waals surface area contributed by atoms with E-state index >= 15 is 0 Å². The second-order valence-electron chi connectivity index (χ2n) is 6.47. The number of hydrogen-bond donors (Lipinski definition) is 1. The molecule has 1 saturated heterocycles. The van der Waals surface area contributed by atoms with Gasteiger partial charge < -0.3 is 19.3 Å². The Morgan fingerprint density at radius 3 is 2.74 bits per heavy atom. The normalized spacial score (nSPS) is 17.4. The first-order valence-corrected chi connectivity index (χ1v) is 9.06. The molecule has 0 bridgehead atoms. The maximum Gasteiger partial charge on any atom is 0.304 e. The number of carboxylic acid groups (broad SMARTS) is 1. The molecular formula is C21H25NO5. The van der Waals surface area contributed by atoms with Gasteiger partial charge in [-0.1, -0.05) is 30.3 Å². The van der Waals surface area contributed by atoms with Crippen molar-refractivity contribution >= 4 is 5.97 Å². The quantitative estimate of drug-likeness (QED) is 0.769. The number of aliphatic carboxylic acids is 1. The molecule has 6 nitrogen and oxygen atoms in total. The van der Waals surface area contributed by atoms with Crippen molar-refractivity contribution in [1.29, 1.82) is 0 Å². The van der Waals surface area contributed by atoms with E-state index in [1.807, 2.05) is 48.5 Å². The van der Waals surface area contributed by atoms with Crippen LogP contribution in [0.25, 0.3) is 0 Å². The van der Waals surface area contributed by atoms with Gasteiger partial charge in [0.25, 0.3) is 0 Å². The predicted octanol–water partition coefficient (Wildman–Crippen LogP) is 3.12. The topological polar surface area (TPSA) is 68.2 Å². The summed E-state index contributed by atoms with van der Waals surface area (Å²) in [6, 6.07) is 15.7. The molecule has 1 atom stereocenters. The van der Waals surface area contributed by atoms with Crippen LogP contribution in [-0.2, 0) is 16.1 Å². The molecule has 0 spiro atoms. The summed E-state index contributed by atoms with van der Waals surface area (Å²) < 4.78 is 17.1. The summed E-state index contributed by atoms with van der Waals surface area (Å²) >= 11 is 0. The average Bonchev–Trinajstić information content (AvgIpc) is 2.71. The van der Waals surface area contributed by atoms with Crippen LogP contribution in [0.4, 0.5) is 0 Å². The first-order chi connectivity index (χ1) is 13.2. The van der Waals surface area contributed by atoms with Crippen molar-refractivity contribution in [2.45, 2.75) is 19.1 Å². The van der Waals surface area contributed by atoms with E-state index in [4.69, 9.17) is 19.3 Å². The molecule has 144 valence electrons. The van der Waals surface area contributed by atoms with E-state index in [2.05, 4.69) is 4.90 Å². The van der Waals surface area contributed by atoms with Gasteiger partial charge in [-0.25, -0.2) is 0 Å². The van der Waals surface area contributed by atoms with E-state index in [-0.39, 0.29) is 12.5 Å². The van der Waals surface area contributed by atoms with Crippen molar-refractivity contribution in [3.63, 3.8) is 0 Å². The summed E-state index contributed by atoms with van der Waals surface area (Å²) in [6.45, 7) is 3.07. The molecule has 1 heterocycles. The number of carboxylic acids is 1. The van der Waals surface area contributed by atoms with Crippen LogP contribution in [0.5, 0.6) is 11.5 Å². The van der Waals surface area contributed by atoms with Gasteiger partial charge in [0.1, 0.15) is 18.1 Å². The zero-order valence-corrected chi connectivity index (χ0v) is 15.5. The first kappa shape index (κ1) is 19.2. The molecule has 0 radical (unpaired) electrons. The molecule has 0 aromatic heterocycles. The van der Waals surface area contributed by atoms with Gasteiger partial charge in [0.05, 0.1) is 26.2 Å². The third-order valence-corrected chi connectivity index (χ3v) is 4.63. The van der Waals surface area contributed by atoms with Gasteiger partial charge in [-0.15, -0.1) is 0 Å². The van der Waals surface area contributed by atoms with E-state index < -0.39 is 5.97 Å². The lowest BCUT2D eigenvalue weighted by Crippen LogP contribution is -2.39. The molecular weight excluding hydrogens is 346 g/mol. The molecule has 6 heteroatoms. The Kier molecular flexibility index (Phi) is 6.68. The van der Waals surface area contributed by atoms with Crippen molar-refractivity contribution < 1.29 is 24.1 Å². The molecule has 1 N–H and O–H groups in total. The third-order valence-electron chi connectivity index (χ3n) is 4.63. The lowest BCUT2D eigenvalue weighted by molar-refractivity contribution is -0.137. The Morgan fingerprint density at radius 2 is 2.00 bits per heavy atom. The van der Waals surface area contributed by atoms with Gasteiger partial charge in [-0.2, -0.15) is 0 Å². The Balaban J connectivity index is 1.56. The fourth-order valence-electron chi connectivity index (χ4n) is 3.12. The summed E-state index contributed by atoms with van der Waals surface area (Å²) in [5.41, 5.74) is 2.06. The van der Waals surface area contributed by atoms with Gasteiger partial charge in [-0.3, -0.25) is 9.69 Å². The van der Waals surface area contributed by atoms with Crippen LogP contribution in [0.2, 0.25) is 0 Å². The molecule has 0 saturated carbocycles. The fourth-order valence-corrected chi connectivity index (χ4v) is 3.12. The summed E-state index contributed by atoms with van der Waals surface area (Å²) in [6.07, 6.45) is 0.110. The zero-order chi connectivity index (χ0) is 19.1. The molecule has 1 fully saturated rings. The van der Waals surface area contributed by atoms with Gasteiger partial charge in [0.15, 0.2) is 0 Å². The Labute approximate surface area is 159 Å². The van der Waals surface area contributed by atoms with E-state index in [9.17, 15) is 4.79 Å². The number of benzene rings is 2. The minimum Gasteiger partial charge on any atom is -0.496 e. The molecule has 2 aromatic rings. The van der Waals surface area contributed by atoms with Crippen LogP contribution in [-0.4, -0.2) is 49.3 Å². The zero-order valence-electron chi connectivity index (χ0n) is 15.5. The van der Waals surface area contributed by atoms with Gasteiger partial charge in [0.2, 0.25) is 0 Å². The third kappa shape index (κ3) is 5.45. The smallest absolute Gasteiger partial charge is 0.304 e. The largest absolute Gasteiger partial charge is 0.496 e. The van der Waals surface area contributed by atoms with Crippen molar-refractivity contribution in [1.82, 2.24) is 4.90 Å². The van der Waals surface area contributed by atoms with Crippen LogP contribution in [0.1, 0.15) is 23.7 Å². The lowest BCUT2D eigenvalue weighted by atomic mass is 10.1. The Bertz CT molecular complexity index is 746. The highest BCUT2D eigenvalue weighted by Crippen LogP contribution is 2.25. The minimum atomic E-state index is -0.769. The Morgan fingerprint density at radius 1 is 1.22 bits per heavy atom. The molecule has 0 aliphatic carbocycles. The molecule has 3 rings (SSSR count). The summed E-state index contributed by atoms with van der Waals surface area (Å²) in [5.74, 6) is 0.823. The predicted molar refractivity (Wildman–Crippen MR) is 101 cm³/mol. The second kappa shape index (κ2) is 9.39. The number of morpholine rings is 1. The standard InChI is InChI=1S/C21H25NO5/c1-25-19-5-3-2-4-17(19)15-27-18-8-6-16(7-9-18)20-14-22(12-13-26-20)11-10-21(23)24/h2-9,20H,10-15H2,1H3,(H,23,24). The first-order valence-electron chi connectivity index (χ1n) is 9.06. The number of carbonyl (C=O) groups is 1. The average molecular weight is 371 g/mol. The highest BCUT2D eigenvalue weighted by atomic mass is 16.5. The van der Waals surface area contributed by atoms with E-state index in [0.717, 1.165) is 29.2 Å². The number of ether oxygens (including phenoxy) is 3. The molecule has 2 aromatic carbocycles. The lowest BCUT2D eigenvalue weighted by Gasteiger charge is -2.32. The van der Waals surface area contributed by atoms with E-state index in [1.165, 1.54) is 0 Å². The summed E-state index contributed by atoms with van der Waals surface area (Å²) in [5, 5.41) is 8.84. The van der Waals surface area contributed by atoms with Crippen molar-refractivity contribution in [3.05, 3.63) is 59.7 Å². The number of methoxy groups -OCH3 is 1. The number of rotatable bonds is 8. The van der Waals surface area contributed by atoms with Crippen LogP contribution in [0.15, 0.2) is 48.5 Å². The number of nitrogens with zero attached hydrogens (tertiary/aromatic N) is 1. The second-order valence-corrected chi connectivity index (χ2v) is 6.47. The molecule has 27 heavy (non-hydrogen) atoms. The minimum absolute atomic E-state index is 0.0455. The Hall–Kier alpha value is -2.57. The van der Waals surface area contributed by atoms with Crippen molar-refractivity contribution in [3.8, 4) is 11.5 Å². The summed E-state index contributed by atoms with van der Waals surface area (Å²) in [7, 11) is 1.65. The van der Waals surface area contributed by atoms with E-state index in [0.29, 0.717) is 26.3 Å². The van der Waals surface area contributed by atoms with E-state index in [1.54, 1.807) is 7.11 Å². The van der Waals surface area contributed by atoms with Gasteiger partial charge in [0, 0.05) is 25.2 Å². The van der Waals surface area contributed by atoms with Crippen molar-refractivity contribution in [2.24, 2.45) is 0 Å². The van der Waals surface area contributed by atoms with Crippen LogP contribution >= 0.6 is 0 Å². The SMILES string of the molecule is COc1ccccc1COc1ccc(C2CN(CCC(=O)O)CCO2)cc1. The van der Waals surface area contributed by atoms with Crippen LogP contribution < -0.4 is 9.47 Å². The molecule has 1 aliphatic heterocycles. The maximum atomic E-state index is 10.8. The molecule has 1 unspecified atom stereocenters. The van der Waals surface area contributed by atoms with Crippen LogP contribution in [0, 0.1) is 0 Å². The number of para-hydroxylation sites is 1. The molecule has 1 aliphatic rings. The highest BCUT2D eigenvalue weighted by Gasteiger charge is 2.22. The van der Waals surface area contributed by atoms with Gasteiger partial charge >= 0.3 is 5.97 Å². The molecule has 0 amide bonds. The van der Waals surface area contributed by atoms with Crippen LogP contribution in [0.3, 0.4) is 0 Å². The fraction of sp³-hybridized carbons (Fsp3) is 0.381. The highest BCUT2D eigenvalue weighted by molar-refractivity contribution is 5.66. The monoisotopic (exact) mass is 371 g/mol.